The molecular formula is C11H14O2. The lowest BCUT2D eigenvalue weighted by Gasteiger charge is -2.23. The Balaban J connectivity index is 3.16. The fraction of sp³-hybridized carbons (Fsp3) is 0.455. The molecule has 0 aliphatic heterocycles. The van der Waals surface area contributed by atoms with Gasteiger partial charge in [-0.2, -0.15) is 0 Å². The number of carbonyl (C=O) groups excluding carboxylic acids is 2. The lowest BCUT2D eigenvalue weighted by atomic mass is 9.79. The van der Waals surface area contributed by atoms with E-state index in [1.165, 1.54) is 0 Å². The molecule has 0 aromatic heterocycles. The van der Waals surface area contributed by atoms with Crippen LogP contribution in [0, 0.1) is 5.41 Å². The molecule has 0 unspecified atom stereocenters. The van der Waals surface area contributed by atoms with Crippen LogP contribution in [0.5, 0.6) is 0 Å². The largest absolute Gasteiger partial charge is 0.285 e. The van der Waals surface area contributed by atoms with E-state index in [-0.39, 0.29) is 17.0 Å². The lowest BCUT2D eigenvalue weighted by molar-refractivity contribution is -0.132. The average Bonchev–Trinajstić information content (AvgIpc) is 1.98. The first-order valence-electron chi connectivity index (χ1n) is 4.32. The first-order valence-corrected chi connectivity index (χ1v) is 4.32. The maximum Gasteiger partial charge on any atom is 0.229 e. The van der Waals surface area contributed by atoms with Gasteiger partial charge in [0, 0.05) is 11.1 Å². The van der Waals surface area contributed by atoms with Crippen molar-refractivity contribution in [2.24, 2.45) is 5.41 Å². The second kappa shape index (κ2) is 2.95. The van der Waals surface area contributed by atoms with Gasteiger partial charge in [-0.05, 0) is 12.3 Å². The number of hydrogen-bond donors (Lipinski definition) is 0. The third kappa shape index (κ3) is 1.77. The molecule has 0 fully saturated rings. The minimum Gasteiger partial charge on any atom is -0.285 e. The van der Waals surface area contributed by atoms with E-state index in [0.29, 0.717) is 11.1 Å². The Morgan fingerprint density at radius 2 is 1.54 bits per heavy atom. The van der Waals surface area contributed by atoms with Gasteiger partial charge in [0.25, 0.3) is 0 Å². The molecule has 0 radical (unpaired) electrons. The molecule has 0 amide bonds. The monoisotopic (exact) mass is 178 g/mol. The summed E-state index contributed by atoms with van der Waals surface area (Å²) >= 11 is 0. The van der Waals surface area contributed by atoms with Gasteiger partial charge in [-0.3, -0.25) is 9.59 Å². The Hall–Kier alpha value is -1.18. The van der Waals surface area contributed by atoms with Crippen LogP contribution in [0.3, 0.4) is 0 Å². The zero-order valence-corrected chi connectivity index (χ0v) is 8.47. The van der Waals surface area contributed by atoms with Crippen LogP contribution in [-0.4, -0.2) is 11.6 Å². The predicted molar refractivity (Wildman–Crippen MR) is 51.3 cm³/mol. The lowest BCUT2D eigenvalue weighted by Crippen LogP contribution is -2.27. The van der Waals surface area contributed by atoms with Gasteiger partial charge in [-0.15, -0.1) is 0 Å². The van der Waals surface area contributed by atoms with Crippen LogP contribution >= 0.6 is 0 Å². The Kier molecular flexibility index (Phi) is 2.24. The van der Waals surface area contributed by atoms with Gasteiger partial charge in [-0.25, -0.2) is 0 Å². The minimum absolute atomic E-state index is 0.246. The fourth-order valence-electron chi connectivity index (χ4n) is 1.25. The van der Waals surface area contributed by atoms with Gasteiger partial charge in [0.15, 0.2) is 0 Å². The van der Waals surface area contributed by atoms with Crippen LogP contribution < -0.4 is 0 Å². The Morgan fingerprint density at radius 3 is 2.00 bits per heavy atom. The molecule has 1 rings (SSSR count). The quantitative estimate of drug-likeness (QED) is 0.420. The molecule has 0 aromatic rings. The molecule has 0 aromatic carbocycles. The van der Waals surface area contributed by atoms with Crippen molar-refractivity contribution in [2.75, 3.05) is 0 Å². The summed E-state index contributed by atoms with van der Waals surface area (Å²) in [4.78, 5) is 22.8. The normalized spacial score (nSPS) is 18.5. The molecule has 0 N–H and O–H groups in total. The van der Waals surface area contributed by atoms with Gasteiger partial charge in [0.05, 0.1) is 0 Å². The first kappa shape index (κ1) is 9.90. The van der Waals surface area contributed by atoms with E-state index in [4.69, 9.17) is 0 Å². The summed E-state index contributed by atoms with van der Waals surface area (Å²) in [7, 11) is 0. The van der Waals surface area contributed by atoms with Crippen molar-refractivity contribution in [2.45, 2.75) is 27.7 Å². The van der Waals surface area contributed by atoms with Crippen molar-refractivity contribution >= 4 is 11.6 Å². The van der Waals surface area contributed by atoms with Crippen molar-refractivity contribution < 1.29 is 9.59 Å². The van der Waals surface area contributed by atoms with Gasteiger partial charge < -0.3 is 0 Å². The maximum absolute atomic E-state index is 11.5. The van der Waals surface area contributed by atoms with E-state index >= 15 is 0 Å². The predicted octanol–water partition coefficient (Wildman–Crippen LogP) is 2.06. The first-order chi connectivity index (χ1) is 5.84. The van der Waals surface area contributed by atoms with Crippen LogP contribution in [0.2, 0.25) is 0 Å². The van der Waals surface area contributed by atoms with Gasteiger partial charge in [-0.1, -0.05) is 32.9 Å². The summed E-state index contributed by atoms with van der Waals surface area (Å²) in [6.45, 7) is 7.45. The van der Waals surface area contributed by atoms with Crippen molar-refractivity contribution in [3.8, 4) is 0 Å². The molecule has 0 heterocycles. The molecule has 0 spiro atoms. The van der Waals surface area contributed by atoms with Crippen LogP contribution in [0.1, 0.15) is 27.7 Å². The van der Waals surface area contributed by atoms with Crippen molar-refractivity contribution in [1.29, 1.82) is 0 Å². The Bertz CT molecular complexity index is 324. The molecule has 0 bridgehead atoms. The topological polar surface area (TPSA) is 34.1 Å². The molecule has 70 valence electrons. The second-order valence-corrected chi connectivity index (χ2v) is 4.34. The minimum atomic E-state index is -0.368. The summed E-state index contributed by atoms with van der Waals surface area (Å²) in [6, 6.07) is 0. The summed E-state index contributed by atoms with van der Waals surface area (Å²) in [5, 5.41) is 0. The molecule has 0 saturated heterocycles. The van der Waals surface area contributed by atoms with Crippen molar-refractivity contribution in [1.82, 2.24) is 0 Å². The number of allylic oxidation sites excluding steroid dienone is 4. The number of ketones is 2. The smallest absolute Gasteiger partial charge is 0.229 e. The molecule has 2 nitrogen and oxygen atoms in total. The Morgan fingerprint density at radius 1 is 1.00 bits per heavy atom. The SMILES string of the molecule is CC1=CC=C(C(C)(C)C)C(=O)C1=O. The average molecular weight is 178 g/mol. The zero-order valence-electron chi connectivity index (χ0n) is 8.47. The zero-order chi connectivity index (χ0) is 10.2. The van der Waals surface area contributed by atoms with E-state index in [2.05, 4.69) is 0 Å². The van der Waals surface area contributed by atoms with Crippen LogP contribution in [-0.2, 0) is 9.59 Å². The van der Waals surface area contributed by atoms with Crippen LogP contribution in [0.15, 0.2) is 23.3 Å². The molecule has 13 heavy (non-hydrogen) atoms. The molecule has 2 heteroatoms. The van der Waals surface area contributed by atoms with Gasteiger partial charge >= 0.3 is 0 Å². The van der Waals surface area contributed by atoms with Crippen LogP contribution in [0.25, 0.3) is 0 Å². The summed E-state index contributed by atoms with van der Waals surface area (Å²) in [5.74, 6) is -0.722. The fourth-order valence-corrected chi connectivity index (χ4v) is 1.25. The van der Waals surface area contributed by atoms with E-state index in [0.717, 1.165) is 0 Å². The highest BCUT2D eigenvalue weighted by Crippen LogP contribution is 2.29. The molecule has 0 saturated carbocycles. The maximum atomic E-state index is 11.5. The van der Waals surface area contributed by atoms with Crippen LogP contribution in [0.4, 0.5) is 0 Å². The number of hydrogen-bond acceptors (Lipinski definition) is 2. The molecule has 1 aliphatic rings. The van der Waals surface area contributed by atoms with Crippen molar-refractivity contribution in [3.05, 3.63) is 23.3 Å². The molecule has 0 atom stereocenters. The Labute approximate surface area is 78.3 Å². The second-order valence-electron chi connectivity index (χ2n) is 4.34. The third-order valence-corrected chi connectivity index (χ3v) is 2.12. The van der Waals surface area contributed by atoms with Crippen molar-refractivity contribution in [3.63, 3.8) is 0 Å². The number of rotatable bonds is 0. The van der Waals surface area contributed by atoms with E-state index in [1.54, 1.807) is 19.1 Å². The van der Waals surface area contributed by atoms with E-state index < -0.39 is 0 Å². The molecular weight excluding hydrogens is 164 g/mol. The highest BCUT2D eigenvalue weighted by Gasteiger charge is 2.30. The number of carbonyl (C=O) groups is 2. The summed E-state index contributed by atoms with van der Waals surface area (Å²) < 4.78 is 0. The number of Topliss-reactive ketones (excluding diaryl/α,β-unsaturated/α-hetero) is 2. The summed E-state index contributed by atoms with van der Waals surface area (Å²) in [5.41, 5.74) is 0.880. The summed E-state index contributed by atoms with van der Waals surface area (Å²) in [6.07, 6.45) is 3.46. The van der Waals surface area contributed by atoms with Gasteiger partial charge in [0.1, 0.15) is 0 Å². The third-order valence-electron chi connectivity index (χ3n) is 2.12. The highest BCUT2D eigenvalue weighted by molar-refractivity contribution is 6.49. The van der Waals surface area contributed by atoms with Gasteiger partial charge in [0.2, 0.25) is 11.6 Å². The standard InChI is InChI=1S/C11H14O2/c1-7-5-6-8(11(2,3)4)10(13)9(7)12/h5-6H,1-4H3. The highest BCUT2D eigenvalue weighted by atomic mass is 16.2. The molecule has 1 aliphatic carbocycles. The van der Waals surface area contributed by atoms with E-state index in [9.17, 15) is 9.59 Å². The van der Waals surface area contributed by atoms with E-state index in [1.807, 2.05) is 20.8 Å².